The summed E-state index contributed by atoms with van der Waals surface area (Å²) in [5.41, 5.74) is -0.232. The van der Waals surface area contributed by atoms with Crippen LogP contribution < -0.4 is 5.73 Å². The van der Waals surface area contributed by atoms with E-state index in [4.69, 9.17) is 5.73 Å². The summed E-state index contributed by atoms with van der Waals surface area (Å²) in [4.78, 5) is 23.0. The number of carbonyl (C=O) groups excluding carboxylic acids is 2. The number of benzene rings is 2. The highest BCUT2D eigenvalue weighted by Crippen LogP contribution is 2.41. The van der Waals surface area contributed by atoms with Crippen LogP contribution in [0.2, 0.25) is 0 Å². The second kappa shape index (κ2) is 6.60. The van der Waals surface area contributed by atoms with Crippen LogP contribution in [0.3, 0.4) is 0 Å². The quantitative estimate of drug-likeness (QED) is 0.601. The fourth-order valence-electron chi connectivity index (χ4n) is 2.36. The molecule has 10 heteroatoms. The first-order valence-electron chi connectivity index (χ1n) is 7.19. The zero-order valence-electron chi connectivity index (χ0n) is 13.5. The number of amides is 1. The number of Topliss-reactive ketones (excluding diaryl/α,β-unsaturated/α-hetero) is 1. The van der Waals surface area contributed by atoms with Gasteiger partial charge in [-0.2, -0.15) is 26.3 Å². The van der Waals surface area contributed by atoms with Crippen molar-refractivity contribution in [2.75, 3.05) is 0 Å². The molecule has 0 aliphatic heterocycles. The smallest absolute Gasteiger partial charge is 0.416 e. The molecule has 4 nitrogen and oxygen atoms in total. The predicted molar refractivity (Wildman–Crippen MR) is 82.1 cm³/mol. The van der Waals surface area contributed by atoms with Crippen molar-refractivity contribution in [3.8, 4) is 16.9 Å². The number of halogens is 6. The van der Waals surface area contributed by atoms with E-state index in [1.54, 1.807) is 0 Å². The molecular weight excluding hydrogens is 380 g/mol. The number of primary amides is 1. The number of ketones is 1. The highest BCUT2D eigenvalue weighted by atomic mass is 19.4. The van der Waals surface area contributed by atoms with Crippen molar-refractivity contribution < 1.29 is 41.0 Å². The van der Waals surface area contributed by atoms with E-state index in [-0.39, 0.29) is 11.6 Å². The van der Waals surface area contributed by atoms with Crippen LogP contribution in [-0.2, 0) is 12.4 Å². The van der Waals surface area contributed by atoms with Crippen LogP contribution in [0.5, 0.6) is 5.75 Å². The highest BCUT2D eigenvalue weighted by Gasteiger charge is 2.37. The SMILES string of the molecule is CC(=O)c1cc(C(N)=O)c(O)c(-c2cc(C(F)(F)F)cc(C(F)(F)F)c2)c1. The second-order valence-corrected chi connectivity index (χ2v) is 5.63. The summed E-state index contributed by atoms with van der Waals surface area (Å²) in [5.74, 6) is -2.78. The maximum atomic E-state index is 13.0. The minimum absolute atomic E-state index is 0.0790. The lowest BCUT2D eigenvalue weighted by molar-refractivity contribution is -0.143. The molecule has 0 saturated carbocycles. The first kappa shape index (κ1) is 20.3. The number of nitrogens with two attached hydrogens (primary N) is 1. The van der Waals surface area contributed by atoms with E-state index in [0.717, 1.165) is 19.1 Å². The molecule has 0 heterocycles. The maximum Gasteiger partial charge on any atom is 0.416 e. The molecule has 1 amide bonds. The molecule has 0 unspecified atom stereocenters. The van der Waals surface area contributed by atoms with E-state index in [1.807, 2.05) is 0 Å². The Morgan fingerprint density at radius 3 is 1.74 bits per heavy atom. The van der Waals surface area contributed by atoms with Gasteiger partial charge in [0.25, 0.3) is 5.91 Å². The third kappa shape index (κ3) is 4.21. The number of alkyl halides is 6. The van der Waals surface area contributed by atoms with Crippen molar-refractivity contribution in [1.82, 2.24) is 0 Å². The van der Waals surface area contributed by atoms with Crippen molar-refractivity contribution in [2.45, 2.75) is 19.3 Å². The Bertz CT molecular complexity index is 899. The summed E-state index contributed by atoms with van der Waals surface area (Å²) in [5, 5.41) is 10.1. The number of hydrogen-bond donors (Lipinski definition) is 2. The summed E-state index contributed by atoms with van der Waals surface area (Å²) in [6.07, 6.45) is -10.2. The third-order valence-corrected chi connectivity index (χ3v) is 3.68. The van der Waals surface area contributed by atoms with Gasteiger partial charge in [-0.3, -0.25) is 9.59 Å². The van der Waals surface area contributed by atoms with Crippen LogP contribution in [-0.4, -0.2) is 16.8 Å². The first-order chi connectivity index (χ1) is 12.2. The summed E-state index contributed by atoms with van der Waals surface area (Å²) in [6.45, 7) is 1.06. The Morgan fingerprint density at radius 2 is 1.37 bits per heavy atom. The number of rotatable bonds is 3. The molecule has 144 valence electrons. The second-order valence-electron chi connectivity index (χ2n) is 5.63. The molecular formula is C17H11F6NO3. The van der Waals surface area contributed by atoms with Crippen LogP contribution in [0.25, 0.3) is 11.1 Å². The first-order valence-corrected chi connectivity index (χ1v) is 7.19. The molecule has 27 heavy (non-hydrogen) atoms. The molecule has 0 saturated heterocycles. The van der Waals surface area contributed by atoms with E-state index in [0.29, 0.717) is 12.1 Å². The largest absolute Gasteiger partial charge is 0.506 e. The van der Waals surface area contributed by atoms with Gasteiger partial charge >= 0.3 is 12.4 Å². The Labute approximate surface area is 148 Å². The average molecular weight is 391 g/mol. The standard InChI is InChI=1S/C17H11F6NO3/c1-7(25)8-4-12(14(26)13(5-8)15(24)27)9-2-10(16(18,19)20)6-11(3-9)17(21,22)23/h2-6,26H,1H3,(H2,24,27). The molecule has 3 N–H and O–H groups in total. The van der Waals surface area contributed by atoms with Gasteiger partial charge in [-0.05, 0) is 42.8 Å². The molecule has 2 aromatic rings. The number of hydrogen-bond acceptors (Lipinski definition) is 3. The van der Waals surface area contributed by atoms with Gasteiger partial charge in [0.15, 0.2) is 5.78 Å². The Morgan fingerprint density at radius 1 is 0.889 bits per heavy atom. The van der Waals surface area contributed by atoms with Crippen LogP contribution in [0.1, 0.15) is 38.8 Å². The number of aromatic hydroxyl groups is 1. The average Bonchev–Trinajstić information content (AvgIpc) is 2.52. The van der Waals surface area contributed by atoms with Gasteiger partial charge in [0.05, 0.1) is 16.7 Å². The van der Waals surface area contributed by atoms with Gasteiger partial charge in [-0.15, -0.1) is 0 Å². The molecule has 0 spiro atoms. The normalized spacial score (nSPS) is 12.1. The molecule has 0 aliphatic carbocycles. The lowest BCUT2D eigenvalue weighted by atomic mass is 9.93. The zero-order valence-corrected chi connectivity index (χ0v) is 13.5. The fraction of sp³-hybridized carbons (Fsp3) is 0.176. The summed E-state index contributed by atoms with van der Waals surface area (Å²) >= 11 is 0. The van der Waals surface area contributed by atoms with Crippen molar-refractivity contribution in [2.24, 2.45) is 5.73 Å². The van der Waals surface area contributed by atoms with Crippen molar-refractivity contribution in [3.63, 3.8) is 0 Å². The molecule has 0 aromatic heterocycles. The zero-order chi connectivity index (χ0) is 20.7. The minimum Gasteiger partial charge on any atom is -0.506 e. The van der Waals surface area contributed by atoms with Gasteiger partial charge < -0.3 is 10.8 Å². The van der Waals surface area contributed by atoms with Crippen molar-refractivity contribution >= 4 is 11.7 Å². The Balaban J connectivity index is 2.88. The molecule has 2 aromatic carbocycles. The topological polar surface area (TPSA) is 80.4 Å². The predicted octanol–water partition coefficient (Wildman–Crippen LogP) is 4.40. The molecule has 2 rings (SSSR count). The van der Waals surface area contributed by atoms with E-state index >= 15 is 0 Å². The maximum absolute atomic E-state index is 13.0. The van der Waals surface area contributed by atoms with Gasteiger partial charge in [-0.25, -0.2) is 0 Å². The molecule has 0 radical (unpaired) electrons. The van der Waals surface area contributed by atoms with Crippen LogP contribution in [0.15, 0.2) is 30.3 Å². The highest BCUT2D eigenvalue weighted by molar-refractivity contribution is 6.03. The van der Waals surface area contributed by atoms with Crippen LogP contribution in [0, 0.1) is 0 Å². The Hall–Kier alpha value is -3.04. The molecule has 0 aliphatic rings. The van der Waals surface area contributed by atoms with E-state index in [2.05, 4.69) is 0 Å². The van der Waals surface area contributed by atoms with Gasteiger partial charge in [-0.1, -0.05) is 0 Å². The van der Waals surface area contributed by atoms with Gasteiger partial charge in [0.1, 0.15) is 5.75 Å². The van der Waals surface area contributed by atoms with Crippen molar-refractivity contribution in [3.05, 3.63) is 52.6 Å². The van der Waals surface area contributed by atoms with Gasteiger partial charge in [0, 0.05) is 11.1 Å². The van der Waals surface area contributed by atoms with E-state index in [1.165, 1.54) is 0 Å². The molecule has 0 atom stereocenters. The van der Waals surface area contributed by atoms with Crippen LogP contribution in [0.4, 0.5) is 26.3 Å². The lowest BCUT2D eigenvalue weighted by Gasteiger charge is -2.16. The van der Waals surface area contributed by atoms with Crippen molar-refractivity contribution in [1.29, 1.82) is 0 Å². The lowest BCUT2D eigenvalue weighted by Crippen LogP contribution is -2.13. The number of carbonyl (C=O) groups is 2. The molecule has 0 fully saturated rings. The summed E-state index contributed by atoms with van der Waals surface area (Å²) < 4.78 is 78.1. The Kier molecular flexibility index (Phi) is 4.96. The van der Waals surface area contributed by atoms with Crippen LogP contribution >= 0.6 is 0 Å². The fourth-order valence-corrected chi connectivity index (χ4v) is 2.36. The monoisotopic (exact) mass is 391 g/mol. The summed E-state index contributed by atoms with van der Waals surface area (Å²) in [7, 11) is 0. The summed E-state index contributed by atoms with van der Waals surface area (Å²) in [6, 6.07) is 2.46. The minimum atomic E-state index is -5.10. The van der Waals surface area contributed by atoms with Gasteiger partial charge in [0.2, 0.25) is 0 Å². The van der Waals surface area contributed by atoms with E-state index in [9.17, 15) is 41.0 Å². The third-order valence-electron chi connectivity index (χ3n) is 3.68. The molecule has 0 bridgehead atoms. The van der Waals surface area contributed by atoms with E-state index < -0.39 is 57.6 Å². The number of phenols is 1.